The third-order valence-electron chi connectivity index (χ3n) is 3.01. The van der Waals surface area contributed by atoms with Crippen LogP contribution in [0.25, 0.3) is 0 Å². The van der Waals surface area contributed by atoms with Gasteiger partial charge in [-0.1, -0.05) is 12.1 Å². The Morgan fingerprint density at radius 2 is 2.14 bits per heavy atom. The van der Waals surface area contributed by atoms with Gasteiger partial charge in [-0.15, -0.1) is 0 Å². The van der Waals surface area contributed by atoms with Gasteiger partial charge < -0.3 is 19.6 Å². The van der Waals surface area contributed by atoms with E-state index in [-0.39, 0.29) is 12.3 Å². The summed E-state index contributed by atoms with van der Waals surface area (Å²) in [5.74, 6) is -1.63. The number of para-hydroxylation sites is 2. The number of nitriles is 1. The first-order chi connectivity index (χ1) is 10.5. The van der Waals surface area contributed by atoms with Crippen LogP contribution >= 0.6 is 0 Å². The Morgan fingerprint density at radius 3 is 2.77 bits per heavy atom. The first kappa shape index (κ1) is 15.5. The molecule has 0 amide bonds. The molecule has 0 spiro atoms. The first-order valence-electron chi connectivity index (χ1n) is 6.55. The summed E-state index contributed by atoms with van der Waals surface area (Å²) in [6, 6.07) is 8.58. The quantitative estimate of drug-likeness (QED) is 0.644. The highest BCUT2D eigenvalue weighted by atomic mass is 16.6. The third kappa shape index (κ3) is 3.41. The second kappa shape index (κ2) is 6.72. The van der Waals surface area contributed by atoms with Gasteiger partial charge >= 0.3 is 5.97 Å². The number of hydrogen-bond donors (Lipinski definition) is 1. The van der Waals surface area contributed by atoms with Crippen LogP contribution in [0.5, 0.6) is 11.5 Å². The van der Waals surface area contributed by atoms with Crippen molar-refractivity contribution in [1.82, 2.24) is 0 Å². The zero-order valence-electron chi connectivity index (χ0n) is 11.9. The van der Waals surface area contributed by atoms with E-state index in [4.69, 9.17) is 24.9 Å². The van der Waals surface area contributed by atoms with Crippen molar-refractivity contribution >= 4 is 17.5 Å². The van der Waals surface area contributed by atoms with E-state index >= 15 is 0 Å². The molecule has 0 fully saturated rings. The summed E-state index contributed by atoms with van der Waals surface area (Å²) in [5, 5.41) is 16.1. The molecule has 1 N–H and O–H groups in total. The summed E-state index contributed by atoms with van der Waals surface area (Å²) in [6.45, 7) is 0.757. The number of Topliss-reactive ketones (excluding diaryl/α,β-unsaturated/α-hetero) is 1. The van der Waals surface area contributed by atoms with Crippen LogP contribution in [0.4, 0.5) is 0 Å². The van der Waals surface area contributed by atoms with E-state index in [1.54, 1.807) is 30.3 Å². The van der Waals surface area contributed by atoms with Gasteiger partial charge in [0.05, 0.1) is 6.07 Å². The molecule has 7 nitrogen and oxygen atoms in total. The molecule has 2 rings (SSSR count). The number of hydrogen-bond acceptors (Lipinski definition) is 7. The number of carbonyl (C=O) groups excluding carboxylic acids is 2. The molecule has 0 radical (unpaired) electrons. The molecular formula is C15H14N2O5. The third-order valence-corrected chi connectivity index (χ3v) is 3.01. The molecule has 0 aromatic heterocycles. The summed E-state index contributed by atoms with van der Waals surface area (Å²) in [5.41, 5.74) is -0.0882. The average Bonchev–Trinajstić information content (AvgIpc) is 2.52. The number of rotatable bonds is 5. The van der Waals surface area contributed by atoms with Crippen LogP contribution in [0, 0.1) is 22.7 Å². The summed E-state index contributed by atoms with van der Waals surface area (Å²) >= 11 is 0. The number of nitrogens with one attached hydrogen (secondary N) is 1. The Labute approximate surface area is 126 Å². The lowest BCUT2D eigenvalue weighted by atomic mass is 10.0. The minimum absolute atomic E-state index is 0.0185. The zero-order valence-corrected chi connectivity index (χ0v) is 11.9. The van der Waals surface area contributed by atoms with Crippen molar-refractivity contribution < 1.29 is 23.8 Å². The maximum Gasteiger partial charge on any atom is 0.351 e. The minimum Gasteiger partial charge on any atom is -0.485 e. The van der Waals surface area contributed by atoms with Gasteiger partial charge in [0.1, 0.15) is 12.5 Å². The van der Waals surface area contributed by atoms with Crippen LogP contribution in [-0.4, -0.2) is 36.8 Å². The molecule has 1 unspecified atom stereocenters. The predicted octanol–water partition coefficient (Wildman–Crippen LogP) is 1.12. The van der Waals surface area contributed by atoms with E-state index in [1.807, 2.05) is 0 Å². The molecule has 1 aliphatic heterocycles. The monoisotopic (exact) mass is 302 g/mol. The fraction of sp³-hybridized carbons (Fsp3) is 0.333. The Hall–Kier alpha value is -2.88. The SMILES string of the molecule is CC(=N)C(C#N)C(=O)COC(=O)[C@H]1COc2ccccc2O1. The predicted molar refractivity (Wildman–Crippen MR) is 74.8 cm³/mol. The lowest BCUT2D eigenvalue weighted by Gasteiger charge is -2.24. The molecule has 0 bridgehead atoms. The molecule has 2 atom stereocenters. The van der Waals surface area contributed by atoms with Crippen molar-refractivity contribution in [2.24, 2.45) is 5.92 Å². The molecule has 1 aliphatic rings. The molecule has 22 heavy (non-hydrogen) atoms. The highest BCUT2D eigenvalue weighted by Gasteiger charge is 2.30. The van der Waals surface area contributed by atoms with Crippen LogP contribution in [-0.2, 0) is 14.3 Å². The van der Waals surface area contributed by atoms with Crippen molar-refractivity contribution in [3.63, 3.8) is 0 Å². The molecule has 114 valence electrons. The normalized spacial score (nSPS) is 17.0. The number of nitrogens with zero attached hydrogens (tertiary/aromatic N) is 1. The van der Waals surface area contributed by atoms with E-state index in [9.17, 15) is 9.59 Å². The van der Waals surface area contributed by atoms with Crippen molar-refractivity contribution in [2.45, 2.75) is 13.0 Å². The first-order valence-corrected chi connectivity index (χ1v) is 6.55. The largest absolute Gasteiger partial charge is 0.485 e. The van der Waals surface area contributed by atoms with E-state index in [0.29, 0.717) is 11.5 Å². The zero-order chi connectivity index (χ0) is 16.1. The molecule has 1 aromatic rings. The van der Waals surface area contributed by atoms with Crippen LogP contribution in [0.2, 0.25) is 0 Å². The summed E-state index contributed by atoms with van der Waals surface area (Å²) in [7, 11) is 0. The average molecular weight is 302 g/mol. The lowest BCUT2D eigenvalue weighted by Crippen LogP contribution is -2.39. The summed E-state index contributed by atoms with van der Waals surface area (Å²) < 4.78 is 15.7. The number of benzene rings is 1. The minimum atomic E-state index is -1.20. The number of fused-ring (bicyclic) bond motifs is 1. The summed E-state index contributed by atoms with van der Waals surface area (Å²) in [4.78, 5) is 23.6. The molecule has 1 heterocycles. The van der Waals surface area contributed by atoms with Crippen molar-refractivity contribution in [3.8, 4) is 17.6 Å². The molecular weight excluding hydrogens is 288 g/mol. The van der Waals surface area contributed by atoms with Gasteiger partial charge in [-0.05, 0) is 19.1 Å². The van der Waals surface area contributed by atoms with E-state index < -0.39 is 30.4 Å². The molecule has 0 aliphatic carbocycles. The highest BCUT2D eigenvalue weighted by Crippen LogP contribution is 2.31. The van der Waals surface area contributed by atoms with Gasteiger partial charge in [-0.2, -0.15) is 5.26 Å². The topological polar surface area (TPSA) is 109 Å². The highest BCUT2D eigenvalue weighted by molar-refractivity contribution is 6.06. The number of esters is 1. The molecule has 7 heteroatoms. The summed E-state index contributed by atoms with van der Waals surface area (Å²) in [6.07, 6.45) is -0.968. The molecule has 1 aromatic carbocycles. The fourth-order valence-corrected chi connectivity index (χ4v) is 1.86. The van der Waals surface area contributed by atoms with Crippen LogP contribution in [0.3, 0.4) is 0 Å². The van der Waals surface area contributed by atoms with Crippen LogP contribution in [0.1, 0.15) is 6.92 Å². The van der Waals surface area contributed by atoms with Crippen molar-refractivity contribution in [3.05, 3.63) is 24.3 Å². The Balaban J connectivity index is 1.90. The van der Waals surface area contributed by atoms with E-state index in [1.165, 1.54) is 6.92 Å². The maximum absolute atomic E-state index is 11.9. The lowest BCUT2D eigenvalue weighted by molar-refractivity contribution is -0.157. The van der Waals surface area contributed by atoms with Crippen LogP contribution in [0.15, 0.2) is 24.3 Å². The maximum atomic E-state index is 11.9. The van der Waals surface area contributed by atoms with E-state index in [2.05, 4.69) is 0 Å². The fourth-order valence-electron chi connectivity index (χ4n) is 1.86. The van der Waals surface area contributed by atoms with Gasteiger partial charge in [0.2, 0.25) is 6.10 Å². The van der Waals surface area contributed by atoms with E-state index in [0.717, 1.165) is 0 Å². The second-order valence-corrected chi connectivity index (χ2v) is 4.68. The smallest absolute Gasteiger partial charge is 0.351 e. The van der Waals surface area contributed by atoms with Crippen molar-refractivity contribution in [1.29, 1.82) is 10.7 Å². The van der Waals surface area contributed by atoms with Gasteiger partial charge in [0.15, 0.2) is 23.9 Å². The Kier molecular flexibility index (Phi) is 4.73. The Morgan fingerprint density at radius 1 is 1.45 bits per heavy atom. The molecule has 0 saturated carbocycles. The second-order valence-electron chi connectivity index (χ2n) is 4.68. The van der Waals surface area contributed by atoms with Gasteiger partial charge in [-0.25, -0.2) is 4.79 Å². The van der Waals surface area contributed by atoms with Gasteiger partial charge in [0, 0.05) is 5.71 Å². The standard InChI is InChI=1S/C15H14N2O5/c1-9(17)10(6-16)11(18)7-21-15(19)14-8-20-12-4-2-3-5-13(12)22-14/h2-5,10,14,17H,7-8H2,1H3/t10?,14-/m1/s1. The van der Waals surface area contributed by atoms with Gasteiger partial charge in [-0.3, -0.25) is 4.79 Å². The van der Waals surface area contributed by atoms with Crippen LogP contribution < -0.4 is 9.47 Å². The number of ether oxygens (including phenoxy) is 3. The van der Waals surface area contributed by atoms with Gasteiger partial charge in [0.25, 0.3) is 0 Å². The number of carbonyl (C=O) groups is 2. The van der Waals surface area contributed by atoms with Crippen molar-refractivity contribution in [2.75, 3.05) is 13.2 Å². The molecule has 0 saturated heterocycles. The Bertz CT molecular complexity index is 650. The number of ketones is 1.